The SMILES string of the molecule is CC/C=C\C/C=C\C/C=C\C/C=C\C/C=C\C/C=C\CCC(=O)OC(COC(=O)CCCCCCCCCCCCCCCCCCCCCCCC/C=C\C/C=C\C/C=C\C/C=C\CC)COP(=O)(O)OCCN. The van der Waals surface area contributed by atoms with E-state index < -0.39 is 32.5 Å². The van der Waals surface area contributed by atoms with Crippen LogP contribution in [0.1, 0.15) is 245 Å². The van der Waals surface area contributed by atoms with Gasteiger partial charge in [-0.25, -0.2) is 4.57 Å². The van der Waals surface area contributed by atoms with Gasteiger partial charge in [-0.05, 0) is 89.9 Å². The van der Waals surface area contributed by atoms with Crippen LogP contribution in [0.4, 0.5) is 0 Å². The number of unbranched alkanes of at least 4 members (excludes halogenated alkanes) is 22. The fourth-order valence-corrected chi connectivity index (χ4v) is 8.77. The van der Waals surface area contributed by atoms with Crippen LogP contribution in [0.15, 0.2) is 122 Å². The molecule has 10 heteroatoms. The minimum absolute atomic E-state index is 0.0374. The lowest BCUT2D eigenvalue weighted by atomic mass is 10.0. The van der Waals surface area contributed by atoms with Gasteiger partial charge in [0.05, 0.1) is 13.2 Å². The van der Waals surface area contributed by atoms with Crippen LogP contribution in [0.3, 0.4) is 0 Å². The minimum atomic E-state index is -4.41. The van der Waals surface area contributed by atoms with Crippen molar-refractivity contribution in [2.24, 2.45) is 5.73 Å². The number of esters is 2. The fraction of sp³-hybridized carbons (Fsp3) is 0.662. The normalized spacial score (nSPS) is 13.9. The summed E-state index contributed by atoms with van der Waals surface area (Å²) in [5.74, 6) is -0.926. The summed E-state index contributed by atoms with van der Waals surface area (Å²) in [4.78, 5) is 35.1. The predicted molar refractivity (Wildman–Crippen MR) is 321 cm³/mol. The van der Waals surface area contributed by atoms with Crippen molar-refractivity contribution in [3.63, 3.8) is 0 Å². The third-order valence-electron chi connectivity index (χ3n) is 12.4. The number of carbonyl (C=O) groups excluding carboxylic acids is 2. The monoisotopic (exact) mass is 1060 g/mol. The van der Waals surface area contributed by atoms with Gasteiger partial charge < -0.3 is 20.1 Å². The van der Waals surface area contributed by atoms with E-state index in [4.69, 9.17) is 24.3 Å². The molecule has 0 radical (unpaired) electrons. The van der Waals surface area contributed by atoms with Gasteiger partial charge in [0.2, 0.25) is 0 Å². The van der Waals surface area contributed by atoms with E-state index in [0.29, 0.717) is 6.42 Å². The molecule has 0 spiro atoms. The maximum Gasteiger partial charge on any atom is 0.472 e. The molecule has 2 unspecified atom stereocenters. The van der Waals surface area contributed by atoms with Crippen molar-refractivity contribution in [2.45, 2.75) is 251 Å². The number of phosphoric acid groups is 1. The van der Waals surface area contributed by atoms with Gasteiger partial charge >= 0.3 is 19.8 Å². The number of carbonyl (C=O) groups is 2. The quantitative estimate of drug-likeness (QED) is 0.0264. The topological polar surface area (TPSA) is 134 Å². The van der Waals surface area contributed by atoms with Crippen molar-refractivity contribution >= 4 is 19.8 Å². The average molecular weight is 1060 g/mol. The summed E-state index contributed by atoms with van der Waals surface area (Å²) in [6.45, 7) is 3.43. The van der Waals surface area contributed by atoms with Gasteiger partial charge in [-0.15, -0.1) is 0 Å². The zero-order valence-corrected chi connectivity index (χ0v) is 48.6. The van der Waals surface area contributed by atoms with Gasteiger partial charge in [-0.1, -0.05) is 264 Å². The molecular weight excluding hydrogens is 954 g/mol. The molecule has 0 rings (SSSR count). The van der Waals surface area contributed by atoms with Gasteiger partial charge in [0.25, 0.3) is 0 Å². The van der Waals surface area contributed by atoms with Gasteiger partial charge in [-0.3, -0.25) is 18.6 Å². The second kappa shape index (κ2) is 59.7. The second-order valence-electron chi connectivity index (χ2n) is 19.5. The van der Waals surface area contributed by atoms with Crippen molar-refractivity contribution in [1.82, 2.24) is 0 Å². The number of ether oxygens (including phenoxy) is 2. The number of allylic oxidation sites excluding steroid dienone is 20. The molecule has 75 heavy (non-hydrogen) atoms. The number of rotatable bonds is 55. The zero-order valence-electron chi connectivity index (χ0n) is 47.7. The predicted octanol–water partition coefficient (Wildman–Crippen LogP) is 19.2. The summed E-state index contributed by atoms with van der Waals surface area (Å²) in [5, 5.41) is 0. The van der Waals surface area contributed by atoms with Crippen molar-refractivity contribution in [3.05, 3.63) is 122 Å². The van der Waals surface area contributed by atoms with E-state index in [1.165, 1.54) is 128 Å². The summed E-state index contributed by atoms with van der Waals surface area (Å²) in [6.07, 6.45) is 83.0. The second-order valence-corrected chi connectivity index (χ2v) is 20.9. The van der Waals surface area contributed by atoms with E-state index in [1.807, 2.05) is 12.2 Å². The molecule has 0 heterocycles. The molecule has 0 aliphatic heterocycles. The Morgan fingerprint density at radius 2 is 0.720 bits per heavy atom. The lowest BCUT2D eigenvalue weighted by Crippen LogP contribution is -2.29. The van der Waals surface area contributed by atoms with Crippen LogP contribution in [0.2, 0.25) is 0 Å². The van der Waals surface area contributed by atoms with Crippen LogP contribution in [0, 0.1) is 0 Å². The molecule has 0 aliphatic carbocycles. The number of phosphoric ester groups is 1. The largest absolute Gasteiger partial charge is 0.472 e. The lowest BCUT2D eigenvalue weighted by Gasteiger charge is -2.19. The molecule has 0 bridgehead atoms. The molecule has 0 saturated carbocycles. The smallest absolute Gasteiger partial charge is 0.462 e. The van der Waals surface area contributed by atoms with Crippen LogP contribution in [-0.4, -0.2) is 49.3 Å². The van der Waals surface area contributed by atoms with E-state index >= 15 is 0 Å². The van der Waals surface area contributed by atoms with Crippen molar-refractivity contribution in [3.8, 4) is 0 Å². The van der Waals surface area contributed by atoms with Crippen molar-refractivity contribution < 1.29 is 37.6 Å². The molecule has 3 N–H and O–H groups in total. The first kappa shape index (κ1) is 71.4. The molecule has 0 fully saturated rings. The third kappa shape index (κ3) is 59.5. The Morgan fingerprint density at radius 1 is 0.400 bits per heavy atom. The lowest BCUT2D eigenvalue weighted by molar-refractivity contribution is -0.161. The van der Waals surface area contributed by atoms with Crippen LogP contribution in [-0.2, 0) is 32.7 Å². The fourth-order valence-electron chi connectivity index (χ4n) is 8.01. The Kier molecular flexibility index (Phi) is 56.8. The Balaban J connectivity index is 3.93. The van der Waals surface area contributed by atoms with Gasteiger partial charge in [0.1, 0.15) is 6.61 Å². The highest BCUT2D eigenvalue weighted by Gasteiger charge is 2.26. The van der Waals surface area contributed by atoms with E-state index in [-0.39, 0.29) is 32.6 Å². The Morgan fingerprint density at radius 3 is 1.08 bits per heavy atom. The molecule has 0 saturated heterocycles. The van der Waals surface area contributed by atoms with E-state index in [2.05, 4.69) is 123 Å². The molecule has 0 aromatic carbocycles. The van der Waals surface area contributed by atoms with Gasteiger partial charge in [0, 0.05) is 19.4 Å². The van der Waals surface area contributed by atoms with Crippen LogP contribution >= 0.6 is 7.82 Å². The first-order chi connectivity index (χ1) is 36.8. The highest BCUT2D eigenvalue weighted by atomic mass is 31.2. The first-order valence-corrected chi connectivity index (χ1v) is 31.5. The van der Waals surface area contributed by atoms with Crippen LogP contribution < -0.4 is 5.73 Å². The Bertz CT molecular complexity index is 1640. The summed E-state index contributed by atoms with van der Waals surface area (Å²) in [6, 6.07) is 0. The Hall–Kier alpha value is -3.59. The van der Waals surface area contributed by atoms with E-state index in [9.17, 15) is 19.0 Å². The van der Waals surface area contributed by atoms with E-state index in [1.54, 1.807) is 0 Å². The highest BCUT2D eigenvalue weighted by molar-refractivity contribution is 7.47. The number of nitrogens with two attached hydrogens (primary N) is 1. The summed E-state index contributed by atoms with van der Waals surface area (Å²) in [5.41, 5.74) is 5.37. The summed E-state index contributed by atoms with van der Waals surface area (Å²) in [7, 11) is -4.41. The molecule has 9 nitrogen and oxygen atoms in total. The highest BCUT2D eigenvalue weighted by Crippen LogP contribution is 2.43. The van der Waals surface area contributed by atoms with Crippen LogP contribution in [0.25, 0.3) is 0 Å². The maximum absolute atomic E-state index is 12.6. The standard InChI is InChI=1S/C65H110NO8P/c1-3-5-7-9-11-13-15-17-19-21-23-24-25-26-27-28-29-30-31-32-33-34-35-36-37-38-40-41-43-45-47-49-51-53-55-57-64(67)71-61-63(62-73-75(69,70)72-60-59-66)74-65(68)58-56-54-52-50-48-46-44-42-39-22-20-18-16-14-12-10-8-6-4-2/h5-8,11-14,17-20,23-24,39,42,46,48,52,54,63H,3-4,9-10,15-16,21-22,25-38,40-41,43-45,47,49-51,53,55-62,66H2,1-2H3,(H,69,70)/b7-5-,8-6-,13-11-,14-12-,19-17-,20-18-,24-23-,42-39-,48-46-,54-52-. The van der Waals surface area contributed by atoms with E-state index in [0.717, 1.165) is 83.5 Å². The van der Waals surface area contributed by atoms with Crippen LogP contribution in [0.5, 0.6) is 0 Å². The maximum atomic E-state index is 12.6. The summed E-state index contributed by atoms with van der Waals surface area (Å²) < 4.78 is 32.9. The number of hydrogen-bond donors (Lipinski definition) is 2. The molecule has 0 aliphatic rings. The molecule has 0 aromatic heterocycles. The third-order valence-corrected chi connectivity index (χ3v) is 13.3. The molecular formula is C65H110NO8P. The van der Waals surface area contributed by atoms with Crippen molar-refractivity contribution in [1.29, 1.82) is 0 Å². The summed E-state index contributed by atoms with van der Waals surface area (Å²) >= 11 is 0. The molecule has 0 aromatic rings. The molecule has 0 amide bonds. The molecule has 428 valence electrons. The minimum Gasteiger partial charge on any atom is -0.462 e. The molecule has 2 atom stereocenters. The van der Waals surface area contributed by atoms with Gasteiger partial charge in [0.15, 0.2) is 6.10 Å². The van der Waals surface area contributed by atoms with Gasteiger partial charge in [-0.2, -0.15) is 0 Å². The van der Waals surface area contributed by atoms with Crippen molar-refractivity contribution in [2.75, 3.05) is 26.4 Å². The Labute approximate surface area is 460 Å². The average Bonchev–Trinajstić information content (AvgIpc) is 3.40. The first-order valence-electron chi connectivity index (χ1n) is 30.0. The zero-order chi connectivity index (χ0) is 54.5. The number of hydrogen-bond acceptors (Lipinski definition) is 8.